The van der Waals surface area contributed by atoms with Gasteiger partial charge in [0.15, 0.2) is 0 Å². The van der Waals surface area contributed by atoms with E-state index in [1.807, 2.05) is 54.6 Å². The second kappa shape index (κ2) is 12.8. The van der Waals surface area contributed by atoms with Gasteiger partial charge in [-0.25, -0.2) is 0 Å². The molecule has 4 aromatic rings. The largest absolute Gasteiger partial charge is 0.530 e. The molecule has 1 fully saturated rings. The van der Waals surface area contributed by atoms with E-state index in [0.29, 0.717) is 31.7 Å². The molecule has 0 spiro atoms. The van der Waals surface area contributed by atoms with Gasteiger partial charge in [0, 0.05) is 19.0 Å². The molecule has 1 heterocycles. The summed E-state index contributed by atoms with van der Waals surface area (Å²) in [5, 5.41) is 24.3. The van der Waals surface area contributed by atoms with E-state index in [0.717, 1.165) is 22.9 Å². The van der Waals surface area contributed by atoms with E-state index in [-0.39, 0.29) is 25.2 Å². The van der Waals surface area contributed by atoms with Crippen LogP contribution in [0.5, 0.6) is 5.75 Å². The first-order chi connectivity index (χ1) is 19.0. The molecule has 0 aliphatic carbocycles. The van der Waals surface area contributed by atoms with Crippen LogP contribution < -0.4 is 9.84 Å². The Balaban J connectivity index is 1.19. The molecule has 0 aromatic heterocycles. The van der Waals surface area contributed by atoms with Gasteiger partial charge in [-0.05, 0) is 64.9 Å². The third-order valence-corrected chi connectivity index (χ3v) is 7.45. The Hall–Kier alpha value is -3.87. The second-order valence-corrected chi connectivity index (χ2v) is 10.2. The zero-order valence-corrected chi connectivity index (χ0v) is 21.9. The highest BCUT2D eigenvalue weighted by Crippen LogP contribution is 2.32. The molecule has 0 radical (unpaired) electrons. The van der Waals surface area contributed by atoms with E-state index in [1.54, 1.807) is 0 Å². The first-order valence-electron chi connectivity index (χ1n) is 13.5. The van der Waals surface area contributed by atoms with Crippen LogP contribution in [-0.4, -0.2) is 48.0 Å². The van der Waals surface area contributed by atoms with Gasteiger partial charge in [0.25, 0.3) is 0 Å². The predicted molar refractivity (Wildman–Crippen MR) is 150 cm³/mol. The van der Waals surface area contributed by atoms with Crippen LogP contribution >= 0.6 is 0 Å². The fourth-order valence-corrected chi connectivity index (χ4v) is 5.23. The van der Waals surface area contributed by atoms with Gasteiger partial charge in [0.1, 0.15) is 18.4 Å². The Morgan fingerprint density at radius 3 is 2.44 bits per heavy atom. The molecule has 1 aliphatic heterocycles. The van der Waals surface area contributed by atoms with Crippen molar-refractivity contribution in [2.24, 2.45) is 0 Å². The van der Waals surface area contributed by atoms with Gasteiger partial charge in [0.2, 0.25) is 0 Å². The average molecular weight is 525 g/mol. The second-order valence-electron chi connectivity index (χ2n) is 10.2. The average Bonchev–Trinajstić information content (AvgIpc) is 2.98. The molecule has 1 N–H and O–H groups in total. The lowest BCUT2D eigenvalue weighted by Crippen LogP contribution is -2.51. The van der Waals surface area contributed by atoms with Crippen molar-refractivity contribution >= 4 is 16.9 Å². The van der Waals surface area contributed by atoms with Gasteiger partial charge in [-0.3, -0.25) is 0 Å². The molecule has 3 unspecified atom stereocenters. The molecule has 1 aliphatic rings. The summed E-state index contributed by atoms with van der Waals surface area (Å²) in [6.07, 6.45) is 0.0725. The number of piperidine rings is 1. The Bertz CT molecular complexity index is 1360. The number of carbonyl (C=O) groups is 1. The van der Waals surface area contributed by atoms with Crippen LogP contribution in [0, 0.1) is 0 Å². The van der Waals surface area contributed by atoms with Crippen LogP contribution in [0.25, 0.3) is 10.8 Å². The van der Waals surface area contributed by atoms with Crippen LogP contribution in [0.1, 0.15) is 35.4 Å². The Labute approximate surface area is 229 Å². The molecular formula is C33H34NO5-. The number of carbonyl (C=O) groups excluding carboxylic acids is 1. The summed E-state index contributed by atoms with van der Waals surface area (Å²) in [7, 11) is 0. The van der Waals surface area contributed by atoms with Crippen molar-refractivity contribution in [1.29, 1.82) is 0 Å². The van der Waals surface area contributed by atoms with Crippen LogP contribution in [0.3, 0.4) is 0 Å². The number of aliphatic hydroxyl groups excluding tert-OH is 1. The van der Waals surface area contributed by atoms with Crippen molar-refractivity contribution in [1.82, 2.24) is 4.90 Å². The Morgan fingerprint density at radius 2 is 1.67 bits per heavy atom. The first kappa shape index (κ1) is 26.7. The third-order valence-electron chi connectivity index (χ3n) is 7.45. The van der Waals surface area contributed by atoms with E-state index >= 15 is 0 Å². The van der Waals surface area contributed by atoms with Crippen molar-refractivity contribution in [3.05, 3.63) is 114 Å². The number of benzene rings is 4. The van der Waals surface area contributed by atoms with Crippen molar-refractivity contribution in [2.45, 2.75) is 44.0 Å². The monoisotopic (exact) mass is 524 g/mol. The summed E-state index contributed by atoms with van der Waals surface area (Å²) in [6, 6.07) is 32.4. The minimum Gasteiger partial charge on any atom is -0.530 e. The van der Waals surface area contributed by atoms with E-state index < -0.39 is 12.2 Å². The number of aryl methyl sites for hydroxylation is 1. The lowest BCUT2D eigenvalue weighted by molar-refractivity contribution is -0.268. The zero-order valence-electron chi connectivity index (χ0n) is 21.9. The van der Waals surface area contributed by atoms with E-state index in [9.17, 15) is 15.0 Å². The Morgan fingerprint density at radius 1 is 0.923 bits per heavy atom. The molecule has 1 amide bonds. The number of ether oxygens (including phenoxy) is 2. The van der Waals surface area contributed by atoms with Gasteiger partial charge < -0.3 is 29.4 Å². The van der Waals surface area contributed by atoms with Gasteiger partial charge >= 0.3 is 0 Å². The maximum absolute atomic E-state index is 11.6. The highest BCUT2D eigenvalue weighted by Gasteiger charge is 2.31. The van der Waals surface area contributed by atoms with E-state index in [4.69, 9.17) is 9.47 Å². The van der Waals surface area contributed by atoms with Crippen LogP contribution in [-0.2, 0) is 17.8 Å². The van der Waals surface area contributed by atoms with Crippen LogP contribution in [0.2, 0.25) is 0 Å². The summed E-state index contributed by atoms with van der Waals surface area (Å²) in [6.45, 7) is 1.31. The molecule has 3 atom stereocenters. The number of aliphatic hydroxyl groups is 1. The van der Waals surface area contributed by atoms with Gasteiger partial charge in [-0.2, -0.15) is 0 Å². The Kier molecular flexibility index (Phi) is 8.76. The zero-order chi connectivity index (χ0) is 27.0. The fraction of sp³-hybridized carbons (Fsp3) is 0.303. The molecule has 1 saturated heterocycles. The summed E-state index contributed by atoms with van der Waals surface area (Å²) in [5.41, 5.74) is 3.32. The molecule has 4 aromatic carbocycles. The van der Waals surface area contributed by atoms with Crippen molar-refractivity contribution in [2.75, 3.05) is 19.7 Å². The first-order valence-corrected chi connectivity index (χ1v) is 13.5. The number of carboxylic acid groups (broad SMARTS) is 1. The number of fused-ring (bicyclic) bond motifs is 1. The number of hydrogen-bond acceptors (Lipinski definition) is 5. The molecule has 6 heteroatoms. The standard InChI is InChI=1S/C33H35NO5/c35-29(15-11-24-6-2-1-3-7-24)23-38-30-16-13-27(14-17-30)31-18-19-34(33(36)37)21-32(31)39-22-25-10-12-26-8-4-5-9-28(26)20-25/h1-10,12-14,16-17,20,29,31-32,35H,11,15,18-19,21-23H2,(H,36,37)/p-1. The topological polar surface area (TPSA) is 82.1 Å². The maximum Gasteiger partial charge on any atom is 0.137 e. The van der Waals surface area contributed by atoms with Crippen molar-refractivity contribution in [3.63, 3.8) is 0 Å². The number of likely N-dealkylation sites (tertiary alicyclic amines) is 1. The maximum atomic E-state index is 11.6. The summed E-state index contributed by atoms with van der Waals surface area (Å²) >= 11 is 0. The van der Waals surface area contributed by atoms with Crippen molar-refractivity contribution in [3.8, 4) is 5.75 Å². The van der Waals surface area contributed by atoms with Crippen LogP contribution in [0.15, 0.2) is 97.1 Å². The van der Waals surface area contributed by atoms with Gasteiger partial charge in [-0.15, -0.1) is 0 Å². The predicted octanol–water partition coefficient (Wildman–Crippen LogP) is 4.93. The van der Waals surface area contributed by atoms with Crippen molar-refractivity contribution < 1.29 is 24.5 Å². The highest BCUT2D eigenvalue weighted by atomic mass is 16.5. The number of rotatable bonds is 10. The molecule has 0 saturated carbocycles. The van der Waals surface area contributed by atoms with Crippen LogP contribution in [0.4, 0.5) is 4.79 Å². The highest BCUT2D eigenvalue weighted by molar-refractivity contribution is 5.82. The normalized spacial score (nSPS) is 18.1. The quantitative estimate of drug-likeness (QED) is 0.318. The molecule has 6 nitrogen and oxygen atoms in total. The lowest BCUT2D eigenvalue weighted by Gasteiger charge is -2.40. The summed E-state index contributed by atoms with van der Waals surface area (Å²) in [4.78, 5) is 12.9. The summed E-state index contributed by atoms with van der Waals surface area (Å²) in [5.74, 6) is 0.741. The number of nitrogens with zero attached hydrogens (tertiary/aromatic N) is 1. The third kappa shape index (κ3) is 7.16. The smallest absolute Gasteiger partial charge is 0.137 e. The molecule has 39 heavy (non-hydrogen) atoms. The fourth-order valence-electron chi connectivity index (χ4n) is 5.23. The minimum absolute atomic E-state index is 0.0477. The SMILES string of the molecule is O=C([O-])N1CCC(c2ccc(OCC(O)CCc3ccccc3)cc2)C(OCc2ccc3ccccc3c2)C1. The lowest BCUT2D eigenvalue weighted by atomic mass is 9.87. The van der Waals surface area contributed by atoms with E-state index in [2.05, 4.69) is 42.5 Å². The molecule has 0 bridgehead atoms. The van der Waals surface area contributed by atoms with Gasteiger partial charge in [0.05, 0.1) is 18.8 Å². The summed E-state index contributed by atoms with van der Waals surface area (Å²) < 4.78 is 12.2. The molecule has 5 rings (SSSR count). The number of amides is 1. The van der Waals surface area contributed by atoms with Gasteiger partial charge in [-0.1, -0.05) is 78.9 Å². The van der Waals surface area contributed by atoms with E-state index in [1.165, 1.54) is 15.8 Å². The number of hydrogen-bond donors (Lipinski definition) is 1. The molecular weight excluding hydrogens is 490 g/mol. The minimum atomic E-state index is -1.16. The molecule has 202 valence electrons.